The lowest BCUT2D eigenvalue weighted by Crippen LogP contribution is -2.63. The molecule has 0 amide bonds. The SMILES string of the molecule is O[C@@]1(OCc2ccccc2)[C@H](CF)CN(Cc2ccccc2)C[C@H]1OCc1ccccc1. The number of hydrogen-bond acceptors (Lipinski definition) is 4. The maximum atomic E-state index is 14.2. The van der Waals surface area contributed by atoms with Gasteiger partial charge in [0.1, 0.15) is 6.10 Å². The molecule has 0 aromatic heterocycles. The average Bonchev–Trinajstić information content (AvgIpc) is 2.85. The summed E-state index contributed by atoms with van der Waals surface area (Å²) in [7, 11) is 0. The molecule has 3 atom stereocenters. The maximum Gasteiger partial charge on any atom is 0.200 e. The van der Waals surface area contributed by atoms with Crippen molar-refractivity contribution in [1.29, 1.82) is 0 Å². The van der Waals surface area contributed by atoms with Crippen molar-refractivity contribution in [3.8, 4) is 0 Å². The second-order valence-electron chi connectivity index (χ2n) is 8.34. The number of halogens is 1. The Labute approximate surface area is 189 Å². The van der Waals surface area contributed by atoms with Gasteiger partial charge in [0, 0.05) is 19.6 Å². The summed E-state index contributed by atoms with van der Waals surface area (Å²) in [5.41, 5.74) is 3.06. The summed E-state index contributed by atoms with van der Waals surface area (Å²) in [4.78, 5) is 2.13. The van der Waals surface area contributed by atoms with Crippen molar-refractivity contribution in [3.63, 3.8) is 0 Å². The van der Waals surface area contributed by atoms with Gasteiger partial charge >= 0.3 is 0 Å². The van der Waals surface area contributed by atoms with Crippen molar-refractivity contribution in [2.24, 2.45) is 5.92 Å². The number of benzene rings is 3. The molecule has 0 saturated carbocycles. The Morgan fingerprint density at radius 3 is 1.88 bits per heavy atom. The van der Waals surface area contributed by atoms with E-state index in [0.29, 0.717) is 26.2 Å². The van der Waals surface area contributed by atoms with Crippen LogP contribution in [-0.2, 0) is 29.2 Å². The monoisotopic (exact) mass is 435 g/mol. The molecule has 1 fully saturated rings. The van der Waals surface area contributed by atoms with Crippen LogP contribution in [0.4, 0.5) is 4.39 Å². The molecule has 1 heterocycles. The third-order valence-corrected chi connectivity index (χ3v) is 5.99. The zero-order valence-corrected chi connectivity index (χ0v) is 18.1. The summed E-state index contributed by atoms with van der Waals surface area (Å²) in [6.07, 6.45) is -0.690. The normalized spacial score (nSPS) is 23.8. The molecule has 0 aliphatic carbocycles. The number of nitrogens with zero attached hydrogens (tertiary/aromatic N) is 1. The van der Waals surface area contributed by atoms with Gasteiger partial charge in [0.05, 0.1) is 25.8 Å². The quantitative estimate of drug-likeness (QED) is 0.500. The molecule has 1 saturated heterocycles. The molecule has 3 aromatic rings. The summed E-state index contributed by atoms with van der Waals surface area (Å²) in [5, 5.41) is 11.6. The average molecular weight is 436 g/mol. The molecular weight excluding hydrogens is 405 g/mol. The van der Waals surface area contributed by atoms with E-state index in [2.05, 4.69) is 17.0 Å². The molecule has 0 unspecified atom stereocenters. The highest BCUT2D eigenvalue weighted by Gasteiger charge is 2.51. The van der Waals surface area contributed by atoms with Crippen LogP contribution >= 0.6 is 0 Å². The van der Waals surface area contributed by atoms with Crippen LogP contribution in [0.15, 0.2) is 91.0 Å². The van der Waals surface area contributed by atoms with Crippen molar-refractivity contribution in [2.75, 3.05) is 19.8 Å². The highest BCUT2D eigenvalue weighted by molar-refractivity contribution is 5.16. The van der Waals surface area contributed by atoms with E-state index in [0.717, 1.165) is 16.7 Å². The fourth-order valence-corrected chi connectivity index (χ4v) is 4.20. The fraction of sp³-hybridized carbons (Fsp3) is 0.333. The van der Waals surface area contributed by atoms with Gasteiger partial charge in [-0.05, 0) is 16.7 Å². The first-order chi connectivity index (χ1) is 15.7. The Balaban J connectivity index is 1.53. The van der Waals surface area contributed by atoms with Crippen LogP contribution in [0.1, 0.15) is 16.7 Å². The number of aliphatic hydroxyl groups is 1. The highest BCUT2D eigenvalue weighted by Crippen LogP contribution is 2.34. The summed E-state index contributed by atoms with van der Waals surface area (Å²) < 4.78 is 26.4. The zero-order valence-electron chi connectivity index (χ0n) is 18.1. The summed E-state index contributed by atoms with van der Waals surface area (Å²) in [5.74, 6) is -2.43. The first-order valence-electron chi connectivity index (χ1n) is 11.1. The second kappa shape index (κ2) is 10.8. The van der Waals surface area contributed by atoms with Crippen LogP contribution in [0.25, 0.3) is 0 Å². The molecule has 5 heteroatoms. The standard InChI is InChI=1S/C27H30FNO3/c28-16-25-18-29(17-22-10-4-1-5-11-22)19-26(31-20-23-12-6-2-7-13-23)27(25,30)32-21-24-14-8-3-9-15-24/h1-15,25-26,30H,16-21H2/t25-,26-,27-/m1/s1. The maximum absolute atomic E-state index is 14.2. The minimum absolute atomic E-state index is 0.192. The first kappa shape index (κ1) is 22.6. The van der Waals surface area contributed by atoms with E-state index in [4.69, 9.17) is 9.47 Å². The van der Waals surface area contributed by atoms with Gasteiger partial charge in [0.15, 0.2) is 0 Å². The van der Waals surface area contributed by atoms with Crippen molar-refractivity contribution in [3.05, 3.63) is 108 Å². The topological polar surface area (TPSA) is 41.9 Å². The minimum atomic E-state index is -1.72. The van der Waals surface area contributed by atoms with E-state index in [1.54, 1.807) is 0 Å². The van der Waals surface area contributed by atoms with Crippen LogP contribution in [0.3, 0.4) is 0 Å². The van der Waals surface area contributed by atoms with Gasteiger partial charge in [0.2, 0.25) is 5.79 Å². The second-order valence-corrected chi connectivity index (χ2v) is 8.34. The van der Waals surface area contributed by atoms with Gasteiger partial charge in [-0.2, -0.15) is 0 Å². The molecule has 0 spiro atoms. The molecule has 1 aliphatic heterocycles. The van der Waals surface area contributed by atoms with Gasteiger partial charge in [-0.15, -0.1) is 0 Å². The molecule has 1 N–H and O–H groups in total. The van der Waals surface area contributed by atoms with Crippen LogP contribution in [-0.4, -0.2) is 41.7 Å². The first-order valence-corrected chi connectivity index (χ1v) is 11.1. The van der Waals surface area contributed by atoms with E-state index in [1.165, 1.54) is 0 Å². The number of piperidine rings is 1. The van der Waals surface area contributed by atoms with E-state index in [1.807, 2.05) is 78.9 Å². The molecule has 168 valence electrons. The summed E-state index contributed by atoms with van der Waals surface area (Å²) in [6, 6.07) is 29.5. The van der Waals surface area contributed by atoms with E-state index < -0.39 is 24.5 Å². The van der Waals surface area contributed by atoms with Crippen LogP contribution in [0.5, 0.6) is 0 Å². The Morgan fingerprint density at radius 2 is 1.31 bits per heavy atom. The van der Waals surface area contributed by atoms with Gasteiger partial charge in [-0.1, -0.05) is 91.0 Å². The molecular formula is C27H30FNO3. The zero-order chi connectivity index (χ0) is 22.2. The molecule has 0 radical (unpaired) electrons. The lowest BCUT2D eigenvalue weighted by Gasteiger charge is -2.48. The van der Waals surface area contributed by atoms with Crippen molar-refractivity contribution >= 4 is 0 Å². The van der Waals surface area contributed by atoms with Crippen LogP contribution in [0.2, 0.25) is 0 Å². The predicted molar refractivity (Wildman–Crippen MR) is 122 cm³/mol. The van der Waals surface area contributed by atoms with E-state index >= 15 is 0 Å². The number of likely N-dealkylation sites (tertiary alicyclic amines) is 1. The fourth-order valence-electron chi connectivity index (χ4n) is 4.20. The van der Waals surface area contributed by atoms with Crippen molar-refractivity contribution < 1.29 is 19.0 Å². The Hall–Kier alpha value is -2.57. The van der Waals surface area contributed by atoms with Crippen molar-refractivity contribution in [2.45, 2.75) is 31.6 Å². The lowest BCUT2D eigenvalue weighted by atomic mass is 9.88. The Morgan fingerprint density at radius 1 is 0.781 bits per heavy atom. The summed E-state index contributed by atoms with van der Waals surface area (Å²) in [6.45, 7) is 1.32. The largest absolute Gasteiger partial charge is 0.367 e. The third-order valence-electron chi connectivity index (χ3n) is 5.99. The van der Waals surface area contributed by atoms with Gasteiger partial charge in [0.25, 0.3) is 0 Å². The minimum Gasteiger partial charge on any atom is -0.367 e. The molecule has 3 aromatic carbocycles. The predicted octanol–water partition coefficient (Wildman–Crippen LogP) is 4.58. The highest BCUT2D eigenvalue weighted by atomic mass is 19.1. The van der Waals surface area contributed by atoms with Crippen LogP contribution < -0.4 is 0 Å². The molecule has 0 bridgehead atoms. The van der Waals surface area contributed by atoms with Gasteiger partial charge in [-0.25, -0.2) is 0 Å². The number of rotatable bonds is 9. The number of ether oxygens (including phenoxy) is 2. The molecule has 4 nitrogen and oxygen atoms in total. The van der Waals surface area contributed by atoms with Gasteiger partial charge < -0.3 is 14.6 Å². The molecule has 4 rings (SSSR count). The molecule has 32 heavy (non-hydrogen) atoms. The van der Waals surface area contributed by atoms with Gasteiger partial charge in [-0.3, -0.25) is 9.29 Å². The Bertz CT molecular complexity index is 941. The van der Waals surface area contributed by atoms with E-state index in [9.17, 15) is 9.50 Å². The number of hydrogen-bond donors (Lipinski definition) is 1. The Kier molecular flexibility index (Phi) is 7.66. The summed E-state index contributed by atoms with van der Waals surface area (Å²) >= 11 is 0. The lowest BCUT2D eigenvalue weighted by molar-refractivity contribution is -0.322. The smallest absolute Gasteiger partial charge is 0.200 e. The van der Waals surface area contributed by atoms with Crippen LogP contribution in [0, 0.1) is 5.92 Å². The van der Waals surface area contributed by atoms with Crippen molar-refractivity contribution in [1.82, 2.24) is 4.90 Å². The third kappa shape index (κ3) is 5.61. The number of alkyl halides is 1. The van der Waals surface area contributed by atoms with E-state index in [-0.39, 0.29) is 6.61 Å². The molecule has 1 aliphatic rings.